The number of aromatic nitrogens is 2. The highest BCUT2D eigenvalue weighted by atomic mass is 16.1. The van der Waals surface area contributed by atoms with Crippen LogP contribution < -0.4 is 10.6 Å². The monoisotopic (exact) mass is 290 g/mol. The van der Waals surface area contributed by atoms with Crippen molar-refractivity contribution in [1.29, 1.82) is 0 Å². The van der Waals surface area contributed by atoms with E-state index < -0.39 is 0 Å². The number of carbonyl (C=O) groups excluding carboxylic acids is 1. The Morgan fingerprint density at radius 1 is 1.33 bits per heavy atom. The van der Waals surface area contributed by atoms with Crippen LogP contribution in [0.2, 0.25) is 0 Å². The minimum atomic E-state index is -0.0250. The summed E-state index contributed by atoms with van der Waals surface area (Å²) >= 11 is 0. The van der Waals surface area contributed by atoms with Gasteiger partial charge in [-0.1, -0.05) is 19.3 Å². The number of hydrogen-bond donors (Lipinski definition) is 2. The fourth-order valence-electron chi connectivity index (χ4n) is 3.71. The first kappa shape index (κ1) is 14.4. The molecule has 2 aliphatic rings. The van der Waals surface area contributed by atoms with Crippen LogP contribution in [0.4, 0.5) is 5.82 Å². The summed E-state index contributed by atoms with van der Waals surface area (Å²) in [7, 11) is 0. The Morgan fingerprint density at radius 2 is 2.10 bits per heavy atom. The predicted molar refractivity (Wildman–Crippen MR) is 83.5 cm³/mol. The number of anilines is 1. The van der Waals surface area contributed by atoms with Gasteiger partial charge in [0.2, 0.25) is 0 Å². The maximum atomic E-state index is 12.3. The summed E-state index contributed by atoms with van der Waals surface area (Å²) in [6, 6.07) is 0.605. The van der Waals surface area contributed by atoms with E-state index in [1.165, 1.54) is 32.1 Å². The Labute approximate surface area is 126 Å². The van der Waals surface area contributed by atoms with Crippen molar-refractivity contribution in [3.63, 3.8) is 0 Å². The van der Waals surface area contributed by atoms with Gasteiger partial charge < -0.3 is 10.6 Å². The Balaban J connectivity index is 1.82. The van der Waals surface area contributed by atoms with Crippen LogP contribution in [0.5, 0.6) is 0 Å². The van der Waals surface area contributed by atoms with Crippen LogP contribution in [0.15, 0.2) is 6.20 Å². The molecule has 1 amide bonds. The largest absolute Gasteiger partial charge is 0.370 e. The SMILES string of the molecule is CC(C)NC(=O)c1cnn2c1NCCC2C1CCCCC1. The molecule has 5 heteroatoms. The summed E-state index contributed by atoms with van der Waals surface area (Å²) < 4.78 is 2.08. The van der Waals surface area contributed by atoms with Gasteiger partial charge in [0.1, 0.15) is 11.4 Å². The van der Waals surface area contributed by atoms with Gasteiger partial charge >= 0.3 is 0 Å². The highest BCUT2D eigenvalue weighted by molar-refractivity contribution is 5.98. The number of carbonyl (C=O) groups is 1. The fourth-order valence-corrected chi connectivity index (χ4v) is 3.71. The molecule has 3 rings (SSSR count). The van der Waals surface area contributed by atoms with Gasteiger partial charge in [0.15, 0.2) is 0 Å². The Morgan fingerprint density at radius 3 is 2.81 bits per heavy atom. The average molecular weight is 290 g/mol. The van der Waals surface area contributed by atoms with Crippen LogP contribution >= 0.6 is 0 Å². The van der Waals surface area contributed by atoms with Crippen molar-refractivity contribution in [3.05, 3.63) is 11.8 Å². The second kappa shape index (κ2) is 6.08. The molecular formula is C16H26N4O. The molecule has 0 radical (unpaired) electrons. The van der Waals surface area contributed by atoms with Crippen molar-refractivity contribution in [3.8, 4) is 0 Å². The molecule has 116 valence electrons. The van der Waals surface area contributed by atoms with E-state index >= 15 is 0 Å². The number of fused-ring (bicyclic) bond motifs is 1. The van der Waals surface area contributed by atoms with Gasteiger partial charge in [-0.3, -0.25) is 4.79 Å². The van der Waals surface area contributed by atoms with Crippen molar-refractivity contribution < 1.29 is 4.79 Å². The average Bonchev–Trinajstić information content (AvgIpc) is 2.91. The zero-order valence-corrected chi connectivity index (χ0v) is 13.1. The second-order valence-electron chi connectivity index (χ2n) is 6.66. The number of amides is 1. The smallest absolute Gasteiger partial charge is 0.256 e. The van der Waals surface area contributed by atoms with Gasteiger partial charge in [-0.15, -0.1) is 0 Å². The van der Waals surface area contributed by atoms with E-state index in [1.807, 2.05) is 13.8 Å². The summed E-state index contributed by atoms with van der Waals surface area (Å²) in [6.07, 6.45) is 9.49. The van der Waals surface area contributed by atoms with Crippen molar-refractivity contribution >= 4 is 11.7 Å². The molecule has 0 bridgehead atoms. The van der Waals surface area contributed by atoms with E-state index in [9.17, 15) is 4.79 Å². The molecule has 1 aliphatic heterocycles. The van der Waals surface area contributed by atoms with Crippen LogP contribution in [-0.2, 0) is 0 Å². The Hall–Kier alpha value is -1.52. The van der Waals surface area contributed by atoms with E-state index in [2.05, 4.69) is 20.4 Å². The van der Waals surface area contributed by atoms with E-state index in [4.69, 9.17) is 0 Å². The summed E-state index contributed by atoms with van der Waals surface area (Å²) in [5.74, 6) is 1.61. The zero-order chi connectivity index (χ0) is 14.8. The molecule has 21 heavy (non-hydrogen) atoms. The number of nitrogens with one attached hydrogen (secondary N) is 2. The Bertz CT molecular complexity index is 502. The first-order chi connectivity index (χ1) is 10.2. The highest BCUT2D eigenvalue weighted by Gasteiger charge is 2.31. The molecule has 1 unspecified atom stereocenters. The molecule has 0 aromatic carbocycles. The standard InChI is InChI=1S/C16H26N4O/c1-11(2)19-16(21)13-10-18-20-14(8-9-17-15(13)20)12-6-4-3-5-7-12/h10-12,14,17H,3-9H2,1-2H3,(H,19,21). The number of hydrogen-bond acceptors (Lipinski definition) is 3. The lowest BCUT2D eigenvalue weighted by Crippen LogP contribution is -2.33. The lowest BCUT2D eigenvalue weighted by atomic mass is 9.82. The quantitative estimate of drug-likeness (QED) is 0.900. The third kappa shape index (κ3) is 2.92. The minimum absolute atomic E-state index is 0.0250. The van der Waals surface area contributed by atoms with Crippen molar-refractivity contribution in [1.82, 2.24) is 15.1 Å². The summed E-state index contributed by atoms with van der Waals surface area (Å²) in [5.41, 5.74) is 0.684. The molecule has 2 heterocycles. The van der Waals surface area contributed by atoms with Crippen LogP contribution in [0, 0.1) is 5.92 Å². The predicted octanol–water partition coefficient (Wildman–Crippen LogP) is 2.96. The van der Waals surface area contributed by atoms with Gasteiger partial charge in [-0.25, -0.2) is 4.68 Å². The first-order valence-electron chi connectivity index (χ1n) is 8.29. The molecule has 5 nitrogen and oxygen atoms in total. The van der Waals surface area contributed by atoms with Crippen molar-refractivity contribution in [2.24, 2.45) is 5.92 Å². The van der Waals surface area contributed by atoms with E-state index in [1.54, 1.807) is 6.20 Å². The van der Waals surface area contributed by atoms with Crippen molar-refractivity contribution in [2.45, 2.75) is 64.5 Å². The molecular weight excluding hydrogens is 264 g/mol. The van der Waals surface area contributed by atoms with Crippen LogP contribution in [0.3, 0.4) is 0 Å². The molecule has 1 atom stereocenters. The van der Waals surface area contributed by atoms with Crippen LogP contribution in [-0.4, -0.2) is 28.3 Å². The van der Waals surface area contributed by atoms with E-state index in [0.29, 0.717) is 11.6 Å². The maximum Gasteiger partial charge on any atom is 0.256 e. The fraction of sp³-hybridized carbons (Fsp3) is 0.750. The summed E-state index contributed by atoms with van der Waals surface area (Å²) in [6.45, 7) is 4.90. The summed E-state index contributed by atoms with van der Waals surface area (Å²) in [5, 5.41) is 10.9. The van der Waals surface area contributed by atoms with Gasteiger partial charge in [-0.2, -0.15) is 5.10 Å². The molecule has 1 saturated carbocycles. The molecule has 0 saturated heterocycles. The van der Waals surface area contributed by atoms with Crippen molar-refractivity contribution in [2.75, 3.05) is 11.9 Å². The molecule has 1 fully saturated rings. The molecule has 1 aromatic rings. The minimum Gasteiger partial charge on any atom is -0.370 e. The molecule has 1 aliphatic carbocycles. The Kier molecular flexibility index (Phi) is 4.17. The van der Waals surface area contributed by atoms with Crippen LogP contribution in [0.25, 0.3) is 0 Å². The lowest BCUT2D eigenvalue weighted by Gasteiger charge is -2.34. The first-order valence-corrected chi connectivity index (χ1v) is 8.29. The van der Waals surface area contributed by atoms with E-state index in [-0.39, 0.29) is 11.9 Å². The third-order valence-electron chi connectivity index (χ3n) is 4.70. The lowest BCUT2D eigenvalue weighted by molar-refractivity contribution is 0.0943. The zero-order valence-electron chi connectivity index (χ0n) is 13.1. The molecule has 1 aromatic heterocycles. The van der Waals surface area contributed by atoms with Gasteiger partial charge in [0.05, 0.1) is 12.2 Å². The second-order valence-corrected chi connectivity index (χ2v) is 6.66. The molecule has 2 N–H and O–H groups in total. The topological polar surface area (TPSA) is 59.0 Å². The van der Waals surface area contributed by atoms with Gasteiger partial charge in [0.25, 0.3) is 5.91 Å². The number of rotatable bonds is 3. The van der Waals surface area contributed by atoms with E-state index in [0.717, 1.165) is 24.7 Å². The third-order valence-corrected chi connectivity index (χ3v) is 4.70. The van der Waals surface area contributed by atoms with Crippen LogP contribution in [0.1, 0.15) is 68.8 Å². The maximum absolute atomic E-state index is 12.3. The molecule has 0 spiro atoms. The normalized spacial score (nSPS) is 22.7. The van der Waals surface area contributed by atoms with Gasteiger partial charge in [0, 0.05) is 12.6 Å². The summed E-state index contributed by atoms with van der Waals surface area (Å²) in [4.78, 5) is 12.3. The van der Waals surface area contributed by atoms with Gasteiger partial charge in [-0.05, 0) is 39.0 Å². The highest BCUT2D eigenvalue weighted by Crippen LogP contribution is 2.38. The number of nitrogens with zero attached hydrogens (tertiary/aromatic N) is 2.